The fraction of sp³-hybridized carbons (Fsp3) is 0.455. The third-order valence-electron chi connectivity index (χ3n) is 8.94. The first kappa shape index (κ1) is 31.0. The van der Waals surface area contributed by atoms with Crippen molar-refractivity contribution >= 4 is 39.8 Å². The van der Waals surface area contributed by atoms with Crippen molar-refractivity contribution in [2.75, 3.05) is 69.5 Å². The minimum Gasteiger partial charge on any atom is -0.463 e. The van der Waals surface area contributed by atoms with E-state index in [0.717, 1.165) is 34.1 Å². The fourth-order valence-corrected chi connectivity index (χ4v) is 6.93. The van der Waals surface area contributed by atoms with Gasteiger partial charge < -0.3 is 28.9 Å². The molecule has 45 heavy (non-hydrogen) atoms. The average molecular weight is 635 g/mol. The standard InChI is InChI=1S/C33H36ClFN6O4/c1-22(35)31(42)41-15-14-40(17-24(41)9-12-36)30-25-10-13-39(28-8-4-6-23-5-3-7-26(34)29(23)28)18-27(25)37-32(38-30)45-21-33(19-43-2)11-16-44-20-33/h3-8,24H,1,9-11,13-21H2,2H3/t24-,33+/m0/s1. The molecule has 6 rings (SSSR count). The van der Waals surface area contributed by atoms with Gasteiger partial charge in [0, 0.05) is 56.5 Å². The summed E-state index contributed by atoms with van der Waals surface area (Å²) in [6.45, 7) is 7.36. The van der Waals surface area contributed by atoms with Crippen molar-refractivity contribution in [2.24, 2.45) is 5.41 Å². The second-order valence-corrected chi connectivity index (χ2v) is 12.3. The Kier molecular flexibility index (Phi) is 9.08. The number of aromatic nitrogens is 2. The molecule has 4 heterocycles. The molecule has 10 nitrogen and oxygen atoms in total. The van der Waals surface area contributed by atoms with Crippen LogP contribution >= 0.6 is 11.6 Å². The summed E-state index contributed by atoms with van der Waals surface area (Å²) in [6.07, 6.45) is 1.53. The smallest absolute Gasteiger partial charge is 0.318 e. The summed E-state index contributed by atoms with van der Waals surface area (Å²) in [5, 5.41) is 12.3. The molecular weight excluding hydrogens is 599 g/mol. The Morgan fingerprint density at radius 3 is 2.76 bits per heavy atom. The van der Waals surface area contributed by atoms with E-state index in [1.165, 1.54) is 4.90 Å². The van der Waals surface area contributed by atoms with E-state index in [-0.39, 0.29) is 24.4 Å². The molecule has 2 aromatic carbocycles. The number of carbonyl (C=O) groups excluding carboxylic acids is 1. The number of rotatable bonds is 9. The van der Waals surface area contributed by atoms with Gasteiger partial charge in [-0.1, -0.05) is 42.4 Å². The van der Waals surface area contributed by atoms with Crippen LogP contribution in [-0.4, -0.2) is 86.5 Å². The lowest BCUT2D eigenvalue weighted by atomic mass is 9.89. The first-order valence-corrected chi connectivity index (χ1v) is 15.5. The Balaban J connectivity index is 1.35. The molecule has 236 valence electrons. The molecule has 2 atom stereocenters. The van der Waals surface area contributed by atoms with Crippen molar-refractivity contribution in [1.29, 1.82) is 5.26 Å². The maximum absolute atomic E-state index is 13.8. The van der Waals surface area contributed by atoms with Crippen molar-refractivity contribution in [2.45, 2.75) is 31.8 Å². The second kappa shape index (κ2) is 13.2. The SMILES string of the molecule is C=C(F)C(=O)N1CCN(c2nc(OC[C@@]3(COC)CCOC3)nc3c2CCN(c2cccc4cccc(Cl)c24)C3)C[C@@H]1CC#N. The van der Waals surface area contributed by atoms with Gasteiger partial charge >= 0.3 is 6.01 Å². The highest BCUT2D eigenvalue weighted by molar-refractivity contribution is 6.36. The van der Waals surface area contributed by atoms with E-state index in [0.29, 0.717) is 69.9 Å². The minimum atomic E-state index is -1.03. The van der Waals surface area contributed by atoms with Gasteiger partial charge in [-0.3, -0.25) is 4.79 Å². The number of nitrogens with zero attached hydrogens (tertiary/aromatic N) is 6. The molecular formula is C33H36ClFN6O4. The van der Waals surface area contributed by atoms with Crippen LogP contribution in [0.5, 0.6) is 6.01 Å². The quantitative estimate of drug-likeness (QED) is 0.310. The number of hydrogen-bond donors (Lipinski definition) is 0. The number of carbonyl (C=O) groups is 1. The van der Waals surface area contributed by atoms with Gasteiger partial charge in [0.1, 0.15) is 12.4 Å². The lowest BCUT2D eigenvalue weighted by molar-refractivity contribution is -0.131. The number of piperazine rings is 1. The average Bonchev–Trinajstić information content (AvgIpc) is 3.51. The van der Waals surface area contributed by atoms with Crippen LogP contribution in [0.4, 0.5) is 15.9 Å². The predicted molar refractivity (Wildman–Crippen MR) is 169 cm³/mol. The summed E-state index contributed by atoms with van der Waals surface area (Å²) in [7, 11) is 1.67. The number of anilines is 2. The van der Waals surface area contributed by atoms with Crippen molar-refractivity contribution in [3.63, 3.8) is 0 Å². The molecule has 12 heteroatoms. The Hall–Kier alpha value is -3.98. The summed E-state index contributed by atoms with van der Waals surface area (Å²) in [5.41, 5.74) is 2.56. The molecule has 3 aromatic rings. The zero-order valence-corrected chi connectivity index (χ0v) is 26.1. The lowest BCUT2D eigenvalue weighted by Gasteiger charge is -2.42. The minimum absolute atomic E-state index is 0.0569. The number of ether oxygens (including phenoxy) is 3. The summed E-state index contributed by atoms with van der Waals surface area (Å²) < 4.78 is 31.3. The van der Waals surface area contributed by atoms with Crippen LogP contribution in [0.2, 0.25) is 5.02 Å². The fourth-order valence-electron chi connectivity index (χ4n) is 6.65. The zero-order valence-electron chi connectivity index (χ0n) is 25.3. The van der Waals surface area contributed by atoms with E-state index in [2.05, 4.69) is 40.6 Å². The normalized spacial score (nSPS) is 21.5. The number of nitriles is 1. The Morgan fingerprint density at radius 1 is 1.20 bits per heavy atom. The van der Waals surface area contributed by atoms with Gasteiger partial charge in [-0.05, 0) is 30.4 Å². The maximum Gasteiger partial charge on any atom is 0.318 e. The Labute approximate surface area is 266 Å². The van der Waals surface area contributed by atoms with E-state index < -0.39 is 17.8 Å². The van der Waals surface area contributed by atoms with Gasteiger partial charge in [-0.15, -0.1) is 0 Å². The van der Waals surface area contributed by atoms with Crippen LogP contribution in [0, 0.1) is 16.7 Å². The van der Waals surface area contributed by atoms with Crippen LogP contribution in [0.3, 0.4) is 0 Å². The summed E-state index contributed by atoms with van der Waals surface area (Å²) >= 11 is 6.69. The van der Waals surface area contributed by atoms with Gasteiger partial charge in [0.25, 0.3) is 5.91 Å². The molecule has 1 amide bonds. The van der Waals surface area contributed by atoms with E-state index >= 15 is 0 Å². The van der Waals surface area contributed by atoms with E-state index in [1.54, 1.807) is 7.11 Å². The molecule has 2 saturated heterocycles. The predicted octanol–water partition coefficient (Wildman–Crippen LogP) is 4.69. The molecule has 0 spiro atoms. The molecule has 0 bridgehead atoms. The van der Waals surface area contributed by atoms with Crippen LogP contribution in [0.25, 0.3) is 10.8 Å². The summed E-state index contributed by atoms with van der Waals surface area (Å²) in [6, 6.07) is 13.9. The van der Waals surface area contributed by atoms with Gasteiger partial charge in [0.15, 0.2) is 5.83 Å². The second-order valence-electron chi connectivity index (χ2n) is 11.9. The van der Waals surface area contributed by atoms with Gasteiger partial charge in [-0.2, -0.15) is 15.2 Å². The highest BCUT2D eigenvalue weighted by Crippen LogP contribution is 2.38. The first-order chi connectivity index (χ1) is 21.8. The van der Waals surface area contributed by atoms with Crippen molar-refractivity contribution in [3.8, 4) is 12.1 Å². The number of amides is 1. The topological polar surface area (TPSA) is 104 Å². The Bertz CT molecular complexity index is 1640. The third kappa shape index (κ3) is 6.27. The number of halogens is 2. The number of methoxy groups -OCH3 is 1. The molecule has 0 radical (unpaired) electrons. The molecule has 2 fully saturated rings. The highest BCUT2D eigenvalue weighted by Gasteiger charge is 2.38. The number of fused-ring (bicyclic) bond motifs is 2. The van der Waals surface area contributed by atoms with Crippen LogP contribution in [-0.2, 0) is 27.2 Å². The zero-order chi connectivity index (χ0) is 31.6. The molecule has 0 aliphatic carbocycles. The van der Waals surface area contributed by atoms with Gasteiger partial charge in [0.2, 0.25) is 0 Å². The first-order valence-electron chi connectivity index (χ1n) is 15.1. The molecule has 3 aliphatic rings. The van der Waals surface area contributed by atoms with E-state index in [1.807, 2.05) is 18.2 Å². The Morgan fingerprint density at radius 2 is 2.02 bits per heavy atom. The van der Waals surface area contributed by atoms with Crippen molar-refractivity contribution in [1.82, 2.24) is 14.9 Å². The lowest BCUT2D eigenvalue weighted by Crippen LogP contribution is -2.55. The molecule has 0 saturated carbocycles. The van der Waals surface area contributed by atoms with Gasteiger partial charge in [0.05, 0.1) is 54.4 Å². The molecule has 3 aliphatic heterocycles. The number of hydrogen-bond acceptors (Lipinski definition) is 9. The molecule has 0 unspecified atom stereocenters. The largest absolute Gasteiger partial charge is 0.463 e. The summed E-state index contributed by atoms with van der Waals surface area (Å²) in [4.78, 5) is 28.1. The number of benzene rings is 2. The maximum atomic E-state index is 13.8. The highest BCUT2D eigenvalue weighted by atomic mass is 35.5. The van der Waals surface area contributed by atoms with Crippen LogP contribution in [0.15, 0.2) is 48.8 Å². The third-order valence-corrected chi connectivity index (χ3v) is 9.26. The van der Waals surface area contributed by atoms with Crippen molar-refractivity contribution < 1.29 is 23.4 Å². The molecule has 0 N–H and O–H groups in total. The van der Waals surface area contributed by atoms with Crippen molar-refractivity contribution in [3.05, 3.63) is 65.1 Å². The van der Waals surface area contributed by atoms with E-state index in [4.69, 9.17) is 35.8 Å². The molecule has 1 aromatic heterocycles. The summed E-state index contributed by atoms with van der Waals surface area (Å²) in [5.74, 6) is -1.10. The van der Waals surface area contributed by atoms with E-state index in [9.17, 15) is 14.4 Å². The monoisotopic (exact) mass is 634 g/mol. The van der Waals surface area contributed by atoms with Gasteiger partial charge in [-0.25, -0.2) is 4.39 Å². The van der Waals surface area contributed by atoms with Crippen LogP contribution < -0.4 is 14.5 Å². The van der Waals surface area contributed by atoms with Crippen LogP contribution in [0.1, 0.15) is 24.1 Å².